The molecule has 1 N–H and O–H groups in total. The average Bonchev–Trinajstić information content (AvgIpc) is 2.41. The summed E-state index contributed by atoms with van der Waals surface area (Å²) >= 11 is 0. The lowest BCUT2D eigenvalue weighted by Crippen LogP contribution is -2.17. The molecule has 16 heavy (non-hydrogen) atoms. The molecule has 1 aliphatic rings. The molecule has 0 bridgehead atoms. The summed E-state index contributed by atoms with van der Waals surface area (Å²) in [5, 5.41) is 2.61. The van der Waals surface area contributed by atoms with Gasteiger partial charge in [-0.25, -0.2) is 4.79 Å². The fraction of sp³-hybridized carbons (Fsp3) is 0.455. The number of esters is 1. The maximum atomic E-state index is 11.7. The summed E-state index contributed by atoms with van der Waals surface area (Å²) in [5.41, 5.74) is 1.21. The Balaban J connectivity index is 3.07. The van der Waals surface area contributed by atoms with E-state index in [1.807, 2.05) is 0 Å². The van der Waals surface area contributed by atoms with Crippen molar-refractivity contribution in [1.82, 2.24) is 10.2 Å². The van der Waals surface area contributed by atoms with Crippen molar-refractivity contribution >= 4 is 11.9 Å². The van der Waals surface area contributed by atoms with Crippen LogP contribution in [0.2, 0.25) is 0 Å². The van der Waals surface area contributed by atoms with Crippen LogP contribution in [0.1, 0.15) is 13.8 Å². The number of hydrogen-bond acceptors (Lipinski definition) is 4. The van der Waals surface area contributed by atoms with Gasteiger partial charge in [-0.1, -0.05) is 0 Å². The highest BCUT2D eigenvalue weighted by atomic mass is 16.5. The van der Waals surface area contributed by atoms with E-state index in [1.54, 1.807) is 39.0 Å². The molecule has 0 aromatic carbocycles. The molecule has 0 fully saturated rings. The van der Waals surface area contributed by atoms with Gasteiger partial charge in [0.15, 0.2) is 0 Å². The summed E-state index contributed by atoms with van der Waals surface area (Å²) < 4.78 is 4.91. The molecular weight excluding hydrogens is 208 g/mol. The molecule has 0 radical (unpaired) electrons. The first-order valence-corrected chi connectivity index (χ1v) is 5.05. The number of carbonyl (C=O) groups excluding carboxylic acids is 2. The lowest BCUT2D eigenvalue weighted by Gasteiger charge is -2.08. The first-order chi connectivity index (χ1) is 7.47. The second-order valence-corrected chi connectivity index (χ2v) is 3.68. The highest BCUT2D eigenvalue weighted by molar-refractivity contribution is 6.13. The molecule has 0 saturated carbocycles. The van der Waals surface area contributed by atoms with Gasteiger partial charge in [-0.05, 0) is 13.8 Å². The minimum Gasteiger partial charge on any atom is -0.462 e. The highest BCUT2D eigenvalue weighted by Gasteiger charge is 2.31. The van der Waals surface area contributed by atoms with Crippen molar-refractivity contribution in [2.45, 2.75) is 13.8 Å². The van der Waals surface area contributed by atoms with Crippen LogP contribution in [0, 0.1) is 0 Å². The molecule has 0 aromatic rings. The Labute approximate surface area is 94.7 Å². The number of nitrogens with one attached hydrogen (secondary N) is 1. The van der Waals surface area contributed by atoms with Crippen LogP contribution in [0.5, 0.6) is 0 Å². The standard InChI is InChI=1S/C11H16N2O3/c1-5-16-11(15)9-7(2)12-10(14)8(9)6-13(3)4/h6H,5H2,1-4H3,(H,12,14). The Bertz CT molecular complexity index is 381. The van der Waals surface area contributed by atoms with Gasteiger partial charge < -0.3 is 15.0 Å². The van der Waals surface area contributed by atoms with Crippen LogP contribution < -0.4 is 5.32 Å². The maximum Gasteiger partial charge on any atom is 0.340 e. The average molecular weight is 224 g/mol. The largest absolute Gasteiger partial charge is 0.462 e. The van der Waals surface area contributed by atoms with E-state index in [1.165, 1.54) is 0 Å². The Morgan fingerprint density at radius 2 is 2.12 bits per heavy atom. The summed E-state index contributed by atoms with van der Waals surface area (Å²) in [6.45, 7) is 3.70. The van der Waals surface area contributed by atoms with Crippen molar-refractivity contribution in [2.24, 2.45) is 0 Å². The zero-order valence-electron chi connectivity index (χ0n) is 9.96. The summed E-state index contributed by atoms with van der Waals surface area (Å²) in [6, 6.07) is 0. The van der Waals surface area contributed by atoms with E-state index >= 15 is 0 Å². The van der Waals surface area contributed by atoms with Crippen molar-refractivity contribution in [2.75, 3.05) is 20.7 Å². The Kier molecular flexibility index (Phi) is 3.71. The first kappa shape index (κ1) is 12.3. The van der Waals surface area contributed by atoms with Gasteiger partial charge in [-0.2, -0.15) is 0 Å². The molecule has 0 saturated heterocycles. The van der Waals surface area contributed by atoms with Crippen molar-refractivity contribution in [3.05, 3.63) is 23.0 Å². The highest BCUT2D eigenvalue weighted by Crippen LogP contribution is 2.22. The van der Waals surface area contributed by atoms with E-state index in [9.17, 15) is 9.59 Å². The van der Waals surface area contributed by atoms with Crippen LogP contribution in [-0.2, 0) is 14.3 Å². The fourth-order valence-corrected chi connectivity index (χ4v) is 1.46. The number of ether oxygens (including phenoxy) is 1. The van der Waals surface area contributed by atoms with Gasteiger partial charge in [0.1, 0.15) is 0 Å². The van der Waals surface area contributed by atoms with Crippen LogP contribution in [0.3, 0.4) is 0 Å². The van der Waals surface area contributed by atoms with Crippen LogP contribution in [-0.4, -0.2) is 37.5 Å². The van der Waals surface area contributed by atoms with Crippen molar-refractivity contribution < 1.29 is 14.3 Å². The van der Waals surface area contributed by atoms with E-state index < -0.39 is 5.97 Å². The Morgan fingerprint density at radius 1 is 1.50 bits per heavy atom. The monoisotopic (exact) mass is 224 g/mol. The molecule has 0 aromatic heterocycles. The van der Waals surface area contributed by atoms with E-state index in [4.69, 9.17) is 4.74 Å². The van der Waals surface area contributed by atoms with E-state index in [2.05, 4.69) is 5.32 Å². The summed E-state index contributed by atoms with van der Waals surface area (Å²) in [5.74, 6) is -0.735. The van der Waals surface area contributed by atoms with Gasteiger partial charge in [0, 0.05) is 26.0 Å². The molecular formula is C11H16N2O3. The lowest BCUT2D eigenvalue weighted by atomic mass is 10.1. The number of nitrogens with zero attached hydrogens (tertiary/aromatic N) is 1. The summed E-state index contributed by atoms with van der Waals surface area (Å²) in [6.07, 6.45) is 1.61. The van der Waals surface area contributed by atoms with E-state index in [0.29, 0.717) is 23.5 Å². The number of carbonyl (C=O) groups is 2. The summed E-state index contributed by atoms with van der Waals surface area (Å²) in [7, 11) is 3.58. The van der Waals surface area contributed by atoms with Crippen molar-refractivity contribution in [3.8, 4) is 0 Å². The van der Waals surface area contributed by atoms with Gasteiger partial charge >= 0.3 is 5.97 Å². The molecule has 0 unspecified atom stereocenters. The van der Waals surface area contributed by atoms with Gasteiger partial charge in [-0.15, -0.1) is 0 Å². The molecule has 1 aliphatic heterocycles. The van der Waals surface area contributed by atoms with Gasteiger partial charge in [0.2, 0.25) is 0 Å². The van der Waals surface area contributed by atoms with Crippen LogP contribution >= 0.6 is 0 Å². The van der Waals surface area contributed by atoms with Crippen LogP contribution in [0.4, 0.5) is 0 Å². The molecule has 0 aliphatic carbocycles. The molecule has 5 heteroatoms. The quantitative estimate of drug-likeness (QED) is 0.557. The number of amides is 1. The van der Waals surface area contributed by atoms with Crippen LogP contribution in [0.15, 0.2) is 23.0 Å². The molecule has 5 nitrogen and oxygen atoms in total. The van der Waals surface area contributed by atoms with E-state index in [-0.39, 0.29) is 5.91 Å². The Hall–Kier alpha value is -1.78. The number of rotatable bonds is 3. The molecule has 0 spiro atoms. The topological polar surface area (TPSA) is 58.6 Å². The predicted molar refractivity (Wildman–Crippen MR) is 59.2 cm³/mol. The minimum atomic E-state index is -0.466. The van der Waals surface area contributed by atoms with Crippen molar-refractivity contribution in [1.29, 1.82) is 0 Å². The molecule has 1 amide bonds. The second-order valence-electron chi connectivity index (χ2n) is 3.68. The summed E-state index contributed by atoms with van der Waals surface area (Å²) in [4.78, 5) is 25.0. The zero-order valence-corrected chi connectivity index (χ0v) is 9.96. The van der Waals surface area contributed by atoms with Crippen molar-refractivity contribution in [3.63, 3.8) is 0 Å². The normalized spacial score (nSPS) is 17.8. The third kappa shape index (κ3) is 2.42. The predicted octanol–water partition coefficient (Wildman–Crippen LogP) is 0.399. The SMILES string of the molecule is CCOC(=O)C1=C(C)NC(=O)C1=CN(C)C. The van der Waals surface area contributed by atoms with Gasteiger partial charge in [-0.3, -0.25) is 4.79 Å². The molecule has 88 valence electrons. The lowest BCUT2D eigenvalue weighted by molar-refractivity contribution is -0.138. The fourth-order valence-electron chi connectivity index (χ4n) is 1.46. The van der Waals surface area contributed by atoms with Crippen LogP contribution in [0.25, 0.3) is 0 Å². The molecule has 1 heterocycles. The number of allylic oxidation sites excluding steroid dienone is 1. The third-order valence-electron chi connectivity index (χ3n) is 2.06. The van der Waals surface area contributed by atoms with Gasteiger partial charge in [0.25, 0.3) is 5.91 Å². The first-order valence-electron chi connectivity index (χ1n) is 5.05. The second kappa shape index (κ2) is 4.83. The zero-order chi connectivity index (χ0) is 12.3. The van der Waals surface area contributed by atoms with E-state index in [0.717, 1.165) is 0 Å². The Morgan fingerprint density at radius 3 is 2.62 bits per heavy atom. The minimum absolute atomic E-state index is 0.269. The third-order valence-corrected chi connectivity index (χ3v) is 2.06. The molecule has 0 atom stereocenters. The smallest absolute Gasteiger partial charge is 0.340 e. The number of hydrogen-bond donors (Lipinski definition) is 1. The van der Waals surface area contributed by atoms with Gasteiger partial charge in [0.05, 0.1) is 17.8 Å². The maximum absolute atomic E-state index is 11.7. The molecule has 1 rings (SSSR count).